The summed E-state index contributed by atoms with van der Waals surface area (Å²) in [5, 5.41) is 18.9. The van der Waals surface area contributed by atoms with Crippen molar-refractivity contribution in [2.75, 3.05) is 38.1 Å². The quantitative estimate of drug-likeness (QED) is 0.854. The van der Waals surface area contributed by atoms with Gasteiger partial charge in [-0.05, 0) is 36.1 Å². The van der Waals surface area contributed by atoms with E-state index in [1.165, 1.54) is 11.1 Å². The second-order valence-corrected chi connectivity index (χ2v) is 12.6. The molecule has 0 amide bonds. The van der Waals surface area contributed by atoms with Crippen molar-refractivity contribution in [1.29, 1.82) is 5.26 Å². The first kappa shape index (κ1) is 19.5. The van der Waals surface area contributed by atoms with Crippen LogP contribution in [0.4, 0.5) is 0 Å². The highest BCUT2D eigenvalue weighted by Crippen LogP contribution is 2.35. The van der Waals surface area contributed by atoms with Gasteiger partial charge < -0.3 is 5.11 Å². The van der Waals surface area contributed by atoms with Crippen LogP contribution in [0.25, 0.3) is 0 Å². The highest BCUT2D eigenvalue weighted by atomic mass is 32.3. The van der Waals surface area contributed by atoms with Gasteiger partial charge in [-0.3, -0.25) is 14.9 Å². The lowest BCUT2D eigenvalue weighted by atomic mass is 9.88. The molecule has 0 unspecified atom stereocenters. The van der Waals surface area contributed by atoms with Crippen LogP contribution >= 0.6 is 10.0 Å². The van der Waals surface area contributed by atoms with Crippen molar-refractivity contribution in [2.24, 2.45) is 0 Å². The first-order chi connectivity index (χ1) is 11.7. The van der Waals surface area contributed by atoms with Crippen molar-refractivity contribution >= 4 is 10.0 Å². The number of aliphatic hydroxyl groups is 1. The highest BCUT2D eigenvalue weighted by Gasteiger charge is 2.45. The van der Waals surface area contributed by atoms with Gasteiger partial charge in [-0.2, -0.15) is 5.26 Å². The summed E-state index contributed by atoms with van der Waals surface area (Å²) in [4.78, 5) is 2.13. The van der Waals surface area contributed by atoms with Gasteiger partial charge in [0.05, 0.1) is 6.04 Å². The fraction of sp³-hybridized carbons (Fsp3) is 0.381. The first-order valence-electron chi connectivity index (χ1n) is 8.33. The van der Waals surface area contributed by atoms with Crippen LogP contribution in [0.3, 0.4) is 0 Å². The standard InChI is InChI=1S/C17H16N2O.C4H12S/c18-11-17(20)12-19(13-17)16(14-7-3-1-4-8-14)15-9-5-2-6-10-15;1-5(2,3)4/h1-10,16,20H,12-13H2;1-4H3. The number of rotatable bonds is 3. The molecule has 2 aromatic carbocycles. The number of hydrogen-bond donors (Lipinski definition) is 1. The molecular weight excluding hydrogens is 328 g/mol. The van der Waals surface area contributed by atoms with E-state index < -0.39 is 5.60 Å². The summed E-state index contributed by atoms with van der Waals surface area (Å²) in [5.74, 6) is 0. The molecule has 1 aliphatic heterocycles. The summed E-state index contributed by atoms with van der Waals surface area (Å²) >= 11 is 0. The van der Waals surface area contributed by atoms with Crippen molar-refractivity contribution in [1.82, 2.24) is 4.90 Å². The lowest BCUT2D eigenvalue weighted by Gasteiger charge is -2.46. The number of benzene rings is 2. The van der Waals surface area contributed by atoms with Crippen LogP contribution in [0, 0.1) is 11.3 Å². The SMILES string of the molecule is CS(C)(C)C.N#CC1(O)CN(C(c2ccccc2)c2ccccc2)C1. The van der Waals surface area contributed by atoms with E-state index in [1.54, 1.807) is 0 Å². The van der Waals surface area contributed by atoms with Crippen molar-refractivity contribution in [3.8, 4) is 6.07 Å². The minimum atomic E-state index is -1.19. The van der Waals surface area contributed by atoms with E-state index in [9.17, 15) is 5.11 Å². The number of nitrogens with zero attached hydrogens (tertiary/aromatic N) is 2. The monoisotopic (exact) mass is 356 g/mol. The Balaban J connectivity index is 0.000000399. The van der Waals surface area contributed by atoms with Crippen LogP contribution in [0.15, 0.2) is 60.7 Å². The minimum absolute atomic E-state index is 0.0889. The van der Waals surface area contributed by atoms with E-state index in [2.05, 4.69) is 54.2 Å². The minimum Gasteiger partial charge on any atom is -0.373 e. The van der Waals surface area contributed by atoms with Gasteiger partial charge in [0.15, 0.2) is 5.60 Å². The molecule has 4 heteroatoms. The van der Waals surface area contributed by atoms with Gasteiger partial charge in [0.25, 0.3) is 0 Å². The zero-order valence-corrected chi connectivity index (χ0v) is 16.3. The van der Waals surface area contributed by atoms with Crippen LogP contribution in [-0.2, 0) is 0 Å². The number of likely N-dealkylation sites (tertiary alicyclic amines) is 1. The van der Waals surface area contributed by atoms with E-state index >= 15 is 0 Å². The second-order valence-electron chi connectivity index (χ2n) is 7.72. The summed E-state index contributed by atoms with van der Waals surface area (Å²) in [6, 6.07) is 22.5. The summed E-state index contributed by atoms with van der Waals surface area (Å²) in [7, 11) is -0.167. The van der Waals surface area contributed by atoms with Crippen molar-refractivity contribution in [3.05, 3.63) is 71.8 Å². The lowest BCUT2D eigenvalue weighted by Crippen LogP contribution is -2.61. The first-order valence-corrected chi connectivity index (χ1v) is 11.6. The van der Waals surface area contributed by atoms with E-state index in [-0.39, 0.29) is 16.1 Å². The Kier molecular flexibility index (Phi) is 6.29. The van der Waals surface area contributed by atoms with Gasteiger partial charge >= 0.3 is 0 Å². The fourth-order valence-electron chi connectivity index (χ4n) is 2.76. The Morgan fingerprint density at radius 2 is 1.28 bits per heavy atom. The summed E-state index contributed by atoms with van der Waals surface area (Å²) in [5.41, 5.74) is 1.17. The molecule has 0 spiro atoms. The molecule has 0 radical (unpaired) electrons. The molecule has 0 aliphatic carbocycles. The van der Waals surface area contributed by atoms with E-state index in [1.807, 2.05) is 42.5 Å². The Bertz CT molecular complexity index is 653. The Hall–Kier alpha value is -1.80. The Labute approximate surface area is 153 Å². The fourth-order valence-corrected chi connectivity index (χ4v) is 2.76. The smallest absolute Gasteiger partial charge is 0.176 e. The molecule has 2 aromatic rings. The van der Waals surface area contributed by atoms with Gasteiger partial charge in [0, 0.05) is 13.1 Å². The maximum atomic E-state index is 9.93. The summed E-state index contributed by atoms with van der Waals surface area (Å²) < 4.78 is 0. The van der Waals surface area contributed by atoms with Crippen LogP contribution in [0.2, 0.25) is 0 Å². The zero-order chi connectivity index (χ0) is 18.5. The second kappa shape index (κ2) is 8.05. The maximum absolute atomic E-state index is 9.93. The third-order valence-corrected chi connectivity index (χ3v) is 3.73. The molecule has 3 nitrogen and oxygen atoms in total. The Morgan fingerprint density at radius 1 is 0.920 bits per heavy atom. The van der Waals surface area contributed by atoms with Gasteiger partial charge in [-0.1, -0.05) is 60.7 Å². The van der Waals surface area contributed by atoms with Gasteiger partial charge in [0.1, 0.15) is 6.07 Å². The number of hydrogen-bond acceptors (Lipinski definition) is 3. The number of nitriles is 1. The number of β-amino-alcohol motifs (C(OH)–C–C–N with tert-alkyl or cyclic N) is 1. The molecule has 134 valence electrons. The van der Waals surface area contributed by atoms with Crippen molar-refractivity contribution in [3.63, 3.8) is 0 Å². The topological polar surface area (TPSA) is 47.3 Å². The predicted molar refractivity (Wildman–Crippen MR) is 108 cm³/mol. The van der Waals surface area contributed by atoms with Crippen LogP contribution in [0.5, 0.6) is 0 Å². The third kappa shape index (κ3) is 5.89. The molecule has 0 atom stereocenters. The molecule has 0 aromatic heterocycles. The van der Waals surface area contributed by atoms with Crippen LogP contribution in [0.1, 0.15) is 17.2 Å². The molecule has 0 bridgehead atoms. The molecule has 1 saturated heterocycles. The van der Waals surface area contributed by atoms with Crippen LogP contribution in [-0.4, -0.2) is 53.7 Å². The molecule has 1 aliphatic rings. The van der Waals surface area contributed by atoms with Gasteiger partial charge in [-0.15, -0.1) is 0 Å². The normalized spacial score (nSPS) is 17.0. The van der Waals surface area contributed by atoms with Gasteiger partial charge in [-0.25, -0.2) is 0 Å². The average molecular weight is 357 g/mol. The molecule has 1 fully saturated rings. The van der Waals surface area contributed by atoms with Gasteiger partial charge in [0.2, 0.25) is 0 Å². The maximum Gasteiger partial charge on any atom is 0.176 e. The molecule has 1 N–H and O–H groups in total. The van der Waals surface area contributed by atoms with Crippen molar-refractivity contribution in [2.45, 2.75) is 11.6 Å². The van der Waals surface area contributed by atoms with Crippen LogP contribution < -0.4 is 0 Å². The molecule has 25 heavy (non-hydrogen) atoms. The highest BCUT2D eigenvalue weighted by molar-refractivity contribution is 8.31. The zero-order valence-electron chi connectivity index (χ0n) is 15.5. The average Bonchev–Trinajstić information content (AvgIpc) is 2.54. The third-order valence-electron chi connectivity index (χ3n) is 3.73. The largest absolute Gasteiger partial charge is 0.373 e. The summed E-state index contributed by atoms with van der Waals surface area (Å²) in [6.07, 6.45) is 9.08. The Morgan fingerprint density at radius 3 is 1.60 bits per heavy atom. The molecule has 3 rings (SSSR count). The molecule has 0 saturated carbocycles. The lowest BCUT2D eigenvalue weighted by molar-refractivity contribution is -0.0693. The molecular formula is C21H28N2OS. The van der Waals surface area contributed by atoms with E-state index in [0.29, 0.717) is 13.1 Å². The van der Waals surface area contributed by atoms with Crippen molar-refractivity contribution < 1.29 is 5.11 Å². The van der Waals surface area contributed by atoms with E-state index in [0.717, 1.165) is 0 Å². The predicted octanol–water partition coefficient (Wildman–Crippen LogP) is 3.66. The summed E-state index contributed by atoms with van der Waals surface area (Å²) in [6.45, 7) is 0.774. The van der Waals surface area contributed by atoms with E-state index in [4.69, 9.17) is 5.26 Å². The molecule has 1 heterocycles.